The Morgan fingerprint density at radius 3 is 2.52 bits per heavy atom. The molecule has 27 heavy (non-hydrogen) atoms. The lowest BCUT2D eigenvalue weighted by Gasteiger charge is -2.19. The number of carbonyl (C=O) groups is 1. The molecule has 6 heteroatoms. The molecule has 1 aromatic carbocycles. The summed E-state index contributed by atoms with van der Waals surface area (Å²) in [5, 5.41) is 0. The molecule has 0 saturated carbocycles. The van der Waals surface area contributed by atoms with E-state index in [1.54, 1.807) is 17.0 Å². The summed E-state index contributed by atoms with van der Waals surface area (Å²) in [6, 6.07) is 5.24. The molecule has 0 bridgehead atoms. The summed E-state index contributed by atoms with van der Waals surface area (Å²) in [6.07, 6.45) is 0.383. The topological polar surface area (TPSA) is 23.6 Å². The van der Waals surface area contributed by atoms with E-state index < -0.39 is 11.7 Å². The second kappa shape index (κ2) is 7.86. The largest absolute Gasteiger partial charge is 0.416 e. The second-order valence-corrected chi connectivity index (χ2v) is 6.49. The van der Waals surface area contributed by atoms with Crippen LogP contribution in [-0.4, -0.2) is 36.3 Å². The molecule has 1 atom stereocenters. The van der Waals surface area contributed by atoms with Crippen molar-refractivity contribution < 1.29 is 18.0 Å². The third kappa shape index (κ3) is 4.32. The first-order valence-corrected chi connectivity index (χ1v) is 8.45. The SMILES string of the molecule is C=CC(=O)N1CC(c2cccc(C(F)(F)F)c2)C(=C/C)/C1=C\C(=C)N(C)C. The third-order valence-corrected chi connectivity index (χ3v) is 4.57. The van der Waals surface area contributed by atoms with Crippen LogP contribution in [0.3, 0.4) is 0 Å². The predicted octanol–water partition coefficient (Wildman–Crippen LogP) is 4.72. The molecule has 1 saturated heterocycles. The number of amides is 1. The number of carbonyl (C=O) groups excluding carboxylic acids is 1. The highest BCUT2D eigenvalue weighted by Gasteiger charge is 2.37. The zero-order chi connectivity index (χ0) is 20.4. The standard InChI is InChI=1S/C21H23F3N2O/c1-6-17-18(15-9-8-10-16(12-15)21(22,23)24)13-26(20(27)7-2)19(17)11-14(3)25(4)5/h6-12,18H,2-3,13H2,1,4-5H3/b17-6-,19-11+. The lowest BCUT2D eigenvalue weighted by Crippen LogP contribution is -2.26. The lowest BCUT2D eigenvalue weighted by molar-refractivity contribution is -0.137. The molecule has 2 rings (SSSR count). The number of benzene rings is 1. The van der Waals surface area contributed by atoms with Crippen molar-refractivity contribution >= 4 is 5.91 Å². The highest BCUT2D eigenvalue weighted by molar-refractivity contribution is 5.90. The van der Waals surface area contributed by atoms with E-state index in [0.717, 1.165) is 17.7 Å². The fourth-order valence-corrected chi connectivity index (χ4v) is 3.05. The van der Waals surface area contributed by atoms with Crippen LogP contribution >= 0.6 is 0 Å². The number of alkyl halides is 3. The van der Waals surface area contributed by atoms with E-state index in [4.69, 9.17) is 0 Å². The Morgan fingerprint density at radius 2 is 2.00 bits per heavy atom. The van der Waals surface area contributed by atoms with E-state index >= 15 is 0 Å². The number of nitrogens with zero attached hydrogens (tertiary/aromatic N) is 2. The summed E-state index contributed by atoms with van der Waals surface area (Å²) in [5.74, 6) is -0.663. The van der Waals surface area contributed by atoms with Gasteiger partial charge in [-0.15, -0.1) is 0 Å². The molecular weight excluding hydrogens is 353 g/mol. The Bertz CT molecular complexity index is 819. The Labute approximate surface area is 157 Å². The van der Waals surface area contributed by atoms with Gasteiger partial charge in [-0.05, 0) is 36.3 Å². The molecule has 0 spiro atoms. The monoisotopic (exact) mass is 376 g/mol. The van der Waals surface area contributed by atoms with Crippen LogP contribution in [0.2, 0.25) is 0 Å². The van der Waals surface area contributed by atoms with Crippen LogP contribution < -0.4 is 0 Å². The first-order valence-electron chi connectivity index (χ1n) is 8.45. The van der Waals surface area contributed by atoms with Gasteiger partial charge in [-0.1, -0.05) is 37.4 Å². The van der Waals surface area contributed by atoms with E-state index in [0.29, 0.717) is 17.0 Å². The molecular formula is C21H23F3N2O. The smallest absolute Gasteiger partial charge is 0.378 e. The predicted molar refractivity (Wildman–Crippen MR) is 101 cm³/mol. The fraction of sp³-hybridized carbons (Fsp3) is 0.286. The minimum Gasteiger partial charge on any atom is -0.378 e. The van der Waals surface area contributed by atoms with Crippen LogP contribution in [0, 0.1) is 0 Å². The van der Waals surface area contributed by atoms with Crippen molar-refractivity contribution in [3.63, 3.8) is 0 Å². The average molecular weight is 376 g/mol. The van der Waals surface area contributed by atoms with Gasteiger partial charge in [0.25, 0.3) is 0 Å². The van der Waals surface area contributed by atoms with Gasteiger partial charge >= 0.3 is 6.18 Å². The Kier molecular flexibility index (Phi) is 5.98. The summed E-state index contributed by atoms with van der Waals surface area (Å²) in [6.45, 7) is 9.55. The van der Waals surface area contributed by atoms with Gasteiger partial charge in [0, 0.05) is 38.0 Å². The normalized spacial score (nSPS) is 20.2. The van der Waals surface area contributed by atoms with Gasteiger partial charge in [0.1, 0.15) is 0 Å². The van der Waals surface area contributed by atoms with Crippen LogP contribution in [-0.2, 0) is 11.0 Å². The molecule has 1 heterocycles. The Hall–Kier alpha value is -2.76. The van der Waals surface area contributed by atoms with E-state index in [9.17, 15) is 18.0 Å². The number of rotatable bonds is 4. The summed E-state index contributed by atoms with van der Waals surface area (Å²) >= 11 is 0. The van der Waals surface area contributed by atoms with E-state index in [1.807, 2.05) is 27.1 Å². The van der Waals surface area contributed by atoms with Crippen molar-refractivity contribution in [2.75, 3.05) is 20.6 Å². The van der Waals surface area contributed by atoms with Gasteiger partial charge in [-0.25, -0.2) is 0 Å². The number of hydrogen-bond donors (Lipinski definition) is 0. The molecule has 144 valence electrons. The van der Waals surface area contributed by atoms with Gasteiger partial charge in [0.05, 0.1) is 5.56 Å². The van der Waals surface area contributed by atoms with Gasteiger partial charge in [-0.2, -0.15) is 13.2 Å². The summed E-state index contributed by atoms with van der Waals surface area (Å²) in [4.78, 5) is 15.7. The maximum atomic E-state index is 13.1. The third-order valence-electron chi connectivity index (χ3n) is 4.57. The van der Waals surface area contributed by atoms with Crippen molar-refractivity contribution in [1.82, 2.24) is 9.80 Å². The van der Waals surface area contributed by atoms with Crippen LogP contribution in [0.1, 0.15) is 24.0 Å². The number of hydrogen-bond acceptors (Lipinski definition) is 2. The number of allylic oxidation sites excluding steroid dienone is 3. The van der Waals surface area contributed by atoms with Crippen LogP contribution in [0.15, 0.2) is 72.6 Å². The van der Waals surface area contributed by atoms with Crippen LogP contribution in [0.5, 0.6) is 0 Å². The quantitative estimate of drug-likeness (QED) is 0.710. The summed E-state index contributed by atoms with van der Waals surface area (Å²) in [7, 11) is 3.65. The zero-order valence-electron chi connectivity index (χ0n) is 15.7. The van der Waals surface area contributed by atoms with Crippen molar-refractivity contribution in [2.45, 2.75) is 19.0 Å². The van der Waals surface area contributed by atoms with Gasteiger partial charge in [-0.3, -0.25) is 4.79 Å². The molecule has 1 aliphatic heterocycles. The second-order valence-electron chi connectivity index (χ2n) is 6.49. The maximum absolute atomic E-state index is 13.1. The van der Waals surface area contributed by atoms with Gasteiger partial charge in [0.2, 0.25) is 5.91 Å². The van der Waals surface area contributed by atoms with Crippen molar-refractivity contribution in [3.05, 3.63) is 83.7 Å². The minimum absolute atomic E-state index is 0.248. The molecule has 1 amide bonds. The molecule has 1 aliphatic rings. The first-order chi connectivity index (χ1) is 12.6. The van der Waals surface area contributed by atoms with Crippen LogP contribution in [0.25, 0.3) is 0 Å². The lowest BCUT2D eigenvalue weighted by atomic mass is 9.91. The summed E-state index contributed by atoms with van der Waals surface area (Å²) < 4.78 is 39.3. The molecule has 0 N–H and O–H groups in total. The fourth-order valence-electron chi connectivity index (χ4n) is 3.05. The summed E-state index contributed by atoms with van der Waals surface area (Å²) in [5.41, 5.74) is 1.90. The maximum Gasteiger partial charge on any atom is 0.416 e. The molecule has 0 aromatic heterocycles. The molecule has 0 radical (unpaired) electrons. The average Bonchev–Trinajstić information content (AvgIpc) is 2.98. The van der Waals surface area contributed by atoms with Crippen LogP contribution in [0.4, 0.5) is 13.2 Å². The molecule has 1 unspecified atom stereocenters. The minimum atomic E-state index is -4.42. The molecule has 0 aliphatic carbocycles. The van der Waals surface area contributed by atoms with Crippen molar-refractivity contribution in [2.24, 2.45) is 0 Å². The Morgan fingerprint density at radius 1 is 1.33 bits per heavy atom. The first kappa shape index (κ1) is 20.6. The van der Waals surface area contributed by atoms with E-state index in [-0.39, 0.29) is 18.4 Å². The molecule has 3 nitrogen and oxygen atoms in total. The zero-order valence-corrected chi connectivity index (χ0v) is 15.7. The van der Waals surface area contributed by atoms with Crippen molar-refractivity contribution in [3.8, 4) is 0 Å². The number of likely N-dealkylation sites (tertiary alicyclic amines) is 1. The molecule has 1 aromatic rings. The number of halogens is 3. The highest BCUT2D eigenvalue weighted by Crippen LogP contribution is 2.41. The number of likely N-dealkylation sites (N-methyl/N-ethyl adjacent to an activating group) is 1. The van der Waals surface area contributed by atoms with Gasteiger partial charge in [0.15, 0.2) is 0 Å². The van der Waals surface area contributed by atoms with E-state index in [2.05, 4.69) is 13.2 Å². The van der Waals surface area contributed by atoms with Gasteiger partial charge < -0.3 is 9.80 Å². The van der Waals surface area contributed by atoms with Crippen molar-refractivity contribution in [1.29, 1.82) is 0 Å². The highest BCUT2D eigenvalue weighted by atomic mass is 19.4. The Balaban J connectivity index is 2.55. The molecule has 1 fully saturated rings. The van der Waals surface area contributed by atoms with E-state index in [1.165, 1.54) is 17.0 Å².